The molecule has 0 spiro atoms. The highest BCUT2D eigenvalue weighted by atomic mass is 16.7. The minimum atomic E-state index is -1.95. The quantitative estimate of drug-likeness (QED) is 0.0252. The number of carboxylic acids is 1. The third-order valence-corrected chi connectivity index (χ3v) is 14.2. The van der Waals surface area contributed by atoms with Gasteiger partial charge in [0.1, 0.15) is 91.6 Å². The second-order valence-corrected chi connectivity index (χ2v) is 22.4. The van der Waals surface area contributed by atoms with Gasteiger partial charge in [0.2, 0.25) is 94.5 Å². The fraction of sp³-hybridized carbons (Fsp3) is 0.691. The number of aliphatic carboxylic acids is 1. The topological polar surface area (TPSA) is 681 Å². The summed E-state index contributed by atoms with van der Waals surface area (Å²) >= 11 is 0. The Bertz CT molecular complexity index is 2860. The molecule has 2 rings (SSSR count). The largest absolute Gasteiger partial charge is 0.480 e. The van der Waals surface area contributed by atoms with E-state index in [2.05, 4.69) is 74.4 Å². The normalized spacial score (nSPS) is 21.9. The van der Waals surface area contributed by atoms with Crippen LogP contribution in [0.5, 0.6) is 0 Å². The second-order valence-electron chi connectivity index (χ2n) is 22.4. The number of carbonyl (C=O) groups is 17. The molecule has 0 radical (unpaired) electrons. The Hall–Kier alpha value is -9.41. The van der Waals surface area contributed by atoms with E-state index < -0.39 is 270 Å². The van der Waals surface area contributed by atoms with Gasteiger partial charge in [-0.05, 0) is 53.4 Å². The van der Waals surface area contributed by atoms with Crippen molar-refractivity contribution in [3.05, 3.63) is 0 Å². The summed E-state index contributed by atoms with van der Waals surface area (Å²) in [5.41, 5.74) is 10.7. The lowest BCUT2D eigenvalue weighted by molar-refractivity contribution is -0.333. The van der Waals surface area contributed by atoms with Gasteiger partial charge in [0.15, 0.2) is 12.6 Å². The van der Waals surface area contributed by atoms with E-state index in [1.54, 1.807) is 0 Å². The summed E-state index contributed by atoms with van der Waals surface area (Å²) in [7, 11) is 0. The Morgan fingerprint density at radius 3 is 1.45 bits per heavy atom. The van der Waals surface area contributed by atoms with Crippen molar-refractivity contribution in [1.29, 1.82) is 0 Å². The number of aliphatic hydroxyl groups excluding tert-OH is 5. The summed E-state index contributed by atoms with van der Waals surface area (Å²) in [6.45, 7) is 0.449. The van der Waals surface area contributed by atoms with E-state index in [4.69, 9.17) is 35.5 Å². The van der Waals surface area contributed by atoms with Gasteiger partial charge in [0.25, 0.3) is 0 Å². The predicted molar refractivity (Wildman–Crippen MR) is 330 cm³/mol. The number of ether oxygens (including phenoxy) is 4. The molecule has 44 nitrogen and oxygen atoms in total. The van der Waals surface area contributed by atoms with Gasteiger partial charge >= 0.3 is 5.97 Å². The fourth-order valence-corrected chi connectivity index (χ4v) is 8.96. The van der Waals surface area contributed by atoms with Crippen molar-refractivity contribution < 1.29 is 131 Å². The number of hydrogen-bond donors (Lipinski definition) is 23. The molecule has 0 bridgehead atoms. The van der Waals surface area contributed by atoms with Crippen LogP contribution in [0, 0.1) is 0 Å². The SMILES string of the molecule is CC(=O)NC1C(OC2C(CO)OC(O)C(NC(C)=O)C2OC(C)C(=O)NC(C)C(=O)NC(CCC(=O)NC(CCCCNC(=O)C(C)NC(=O)CNC(=O)CNC(=O)CNC(=O)CN)C(=O)NC(C)C(=O)NCC(=O)NCC(=O)NCC(=O)NCC(=O)O)C(N)=O)OC(CO)C(O)C1O. The molecule has 2 aliphatic rings. The third-order valence-electron chi connectivity index (χ3n) is 14.2. The van der Waals surface area contributed by atoms with Gasteiger partial charge in [-0.1, -0.05) is 0 Å². The van der Waals surface area contributed by atoms with E-state index in [-0.39, 0.29) is 32.4 Å². The van der Waals surface area contributed by atoms with E-state index in [1.807, 2.05) is 5.32 Å². The number of rotatable bonds is 42. The van der Waals surface area contributed by atoms with E-state index in [0.717, 1.165) is 20.8 Å². The molecule has 2 saturated heterocycles. The summed E-state index contributed by atoms with van der Waals surface area (Å²) < 4.78 is 23.3. The van der Waals surface area contributed by atoms with Gasteiger partial charge in [-0.3, -0.25) is 81.5 Å². The van der Waals surface area contributed by atoms with Crippen molar-refractivity contribution in [2.24, 2.45) is 11.5 Å². The van der Waals surface area contributed by atoms with E-state index >= 15 is 0 Å². The molecule has 16 unspecified atom stereocenters. The molecule has 2 aliphatic heterocycles. The van der Waals surface area contributed by atoms with E-state index in [1.165, 1.54) is 20.8 Å². The molecule has 16 amide bonds. The first kappa shape index (κ1) is 85.7. The molecule has 2 fully saturated rings. The maximum Gasteiger partial charge on any atom is 0.322 e. The van der Waals surface area contributed by atoms with Crippen LogP contribution in [0.25, 0.3) is 0 Å². The van der Waals surface area contributed by atoms with Crippen LogP contribution < -0.4 is 91.2 Å². The standard InChI is InChI=1S/C55H91N17O27/c1-23(66-40(84)19-63-37(81)16-60-35(79)14-59-34(78)13-56)49(90)58-12-8-7-9-30(53(94)68-24(2)50(91)65-18-39(83)62-15-36(80)61-17-38(82)64-20-41(85)86)71-33(77)11-10-29(48(57)89)72-51(92)25(3)67-52(93)26(4)96-47-43(70-28(6)76)54(95)97-32(22-74)46(47)99-55-42(69-27(5)75)45(88)44(87)31(21-73)98-55/h23-26,29-32,42-47,54-55,73-74,87-88,95H,7-22,56H2,1-6H3,(H2,57,89)(H,58,90)(H,59,78)(H,60,79)(H,61,80)(H,62,83)(H,63,81)(H,64,82)(H,65,91)(H,66,84)(H,67,93)(H,68,94)(H,69,75)(H,70,76)(H,71,77)(H,72,92)(H,85,86). The number of nitrogens with two attached hydrogens (primary N) is 2. The first-order valence-corrected chi connectivity index (χ1v) is 30.8. The van der Waals surface area contributed by atoms with Gasteiger partial charge < -0.3 is 141 Å². The molecule has 0 aliphatic carbocycles. The fourth-order valence-electron chi connectivity index (χ4n) is 8.96. The van der Waals surface area contributed by atoms with Crippen molar-refractivity contribution in [2.45, 2.75) is 171 Å². The Kier molecular flexibility index (Phi) is 37.9. The summed E-state index contributed by atoms with van der Waals surface area (Å²) in [5.74, 6) is -15.1. The van der Waals surface area contributed by atoms with Crippen molar-refractivity contribution in [3.8, 4) is 0 Å². The first-order valence-electron chi connectivity index (χ1n) is 30.8. The minimum absolute atomic E-state index is 0.0657. The average molecular weight is 1420 g/mol. The first-order chi connectivity index (χ1) is 46.5. The number of primary amides is 1. The number of carbonyl (C=O) groups excluding carboxylic acids is 16. The predicted octanol–water partition coefficient (Wildman–Crippen LogP) is -14.8. The molecular formula is C55H91N17O27. The van der Waals surface area contributed by atoms with Crippen LogP contribution in [0.15, 0.2) is 0 Å². The maximum absolute atomic E-state index is 13.8. The number of aliphatic hydroxyl groups is 5. The number of unbranched alkanes of at least 4 members (excludes halogenated alkanes) is 1. The van der Waals surface area contributed by atoms with Crippen LogP contribution in [-0.4, -0.2) is 301 Å². The third kappa shape index (κ3) is 31.8. The molecule has 25 N–H and O–H groups in total. The Morgan fingerprint density at radius 2 is 0.939 bits per heavy atom. The number of hydrogen-bond acceptors (Lipinski definition) is 27. The van der Waals surface area contributed by atoms with Gasteiger partial charge in [-0.2, -0.15) is 0 Å². The highest BCUT2D eigenvalue weighted by molar-refractivity contribution is 5.96. The lowest BCUT2D eigenvalue weighted by Crippen LogP contribution is -2.70. The van der Waals surface area contributed by atoms with E-state index in [0.29, 0.717) is 0 Å². The van der Waals surface area contributed by atoms with Crippen LogP contribution in [0.2, 0.25) is 0 Å². The summed E-state index contributed by atoms with van der Waals surface area (Å²) in [6.07, 6.45) is -16.5. The monoisotopic (exact) mass is 1420 g/mol. The van der Waals surface area contributed by atoms with Crippen LogP contribution in [0.4, 0.5) is 0 Å². The molecular weight excluding hydrogens is 1330 g/mol. The molecule has 0 aromatic rings. The molecule has 44 heteroatoms. The molecule has 16 atom stereocenters. The van der Waals surface area contributed by atoms with Gasteiger partial charge in [-0.25, -0.2) is 0 Å². The zero-order valence-corrected chi connectivity index (χ0v) is 55.0. The van der Waals surface area contributed by atoms with Crippen molar-refractivity contribution in [1.82, 2.24) is 79.8 Å². The second kappa shape index (κ2) is 43.8. The minimum Gasteiger partial charge on any atom is -0.480 e. The summed E-state index contributed by atoms with van der Waals surface area (Å²) in [6, 6.07) is -10.3. The molecule has 0 saturated carbocycles. The smallest absolute Gasteiger partial charge is 0.322 e. The zero-order chi connectivity index (χ0) is 74.8. The Labute approximate surface area is 564 Å². The number of nitrogens with one attached hydrogen (secondary N) is 15. The maximum atomic E-state index is 13.8. The highest BCUT2D eigenvalue weighted by Crippen LogP contribution is 2.31. The van der Waals surface area contributed by atoms with Crippen LogP contribution in [-0.2, 0) is 100 Å². The van der Waals surface area contributed by atoms with E-state index in [9.17, 15) is 107 Å². The lowest BCUT2D eigenvalue weighted by atomic mass is 9.94. The lowest BCUT2D eigenvalue weighted by Gasteiger charge is -2.48. The molecule has 0 aromatic heterocycles. The van der Waals surface area contributed by atoms with Gasteiger partial charge in [-0.15, -0.1) is 0 Å². The molecule has 2 heterocycles. The highest BCUT2D eigenvalue weighted by Gasteiger charge is 2.53. The Morgan fingerprint density at radius 1 is 0.465 bits per heavy atom. The zero-order valence-electron chi connectivity index (χ0n) is 55.0. The molecule has 558 valence electrons. The summed E-state index contributed by atoms with van der Waals surface area (Å²) in [4.78, 5) is 212. The van der Waals surface area contributed by atoms with Crippen molar-refractivity contribution in [2.75, 3.05) is 72.1 Å². The van der Waals surface area contributed by atoms with Crippen LogP contribution >= 0.6 is 0 Å². The average Bonchev–Trinajstić information content (AvgIpc) is 0.777. The molecule has 99 heavy (non-hydrogen) atoms. The van der Waals surface area contributed by atoms with Gasteiger partial charge in [0.05, 0.1) is 59.0 Å². The van der Waals surface area contributed by atoms with Crippen LogP contribution in [0.1, 0.15) is 73.6 Å². The Balaban J connectivity index is 2.18. The number of amides is 16. The van der Waals surface area contributed by atoms with Crippen molar-refractivity contribution in [3.63, 3.8) is 0 Å². The van der Waals surface area contributed by atoms with Crippen molar-refractivity contribution >= 4 is 100 Å². The van der Waals surface area contributed by atoms with Crippen LogP contribution in [0.3, 0.4) is 0 Å². The number of carboxylic acid groups (broad SMARTS) is 1. The van der Waals surface area contributed by atoms with Gasteiger partial charge in [0, 0.05) is 26.8 Å². The molecule has 0 aromatic carbocycles. The summed E-state index contributed by atoms with van der Waals surface area (Å²) in [5, 5.41) is 95.7.